The SMILES string of the molecule is C=C(C)C(=O)Nc1ccc([S][Sb]([S]c2ccc(NC(=O)C(=C)C)cc2)[c]2c[c]([Sb]([S]c3ccc(NC(=O)C(=C)C)cc3)[S]c3ccc(NC(=O)C(=C)C)cc3)c[c]([Sb]([S]c3ccc(NC(=O)C(=C)C)cc3)[S]c3ccc(NC(=O)C(=C)C)cc3)c2)cc1. The van der Waals surface area contributed by atoms with Gasteiger partial charge in [-0.2, -0.15) is 0 Å². The second kappa shape index (κ2) is 33.3. The van der Waals surface area contributed by atoms with E-state index in [9.17, 15) is 28.8 Å². The molecule has 7 rings (SSSR count). The molecule has 0 spiro atoms. The quantitative estimate of drug-likeness (QED) is 0.0213. The zero-order chi connectivity index (χ0) is 62.9. The van der Waals surface area contributed by atoms with Crippen molar-refractivity contribution in [2.24, 2.45) is 0 Å². The van der Waals surface area contributed by atoms with Gasteiger partial charge in [0, 0.05) is 0 Å². The number of hydrogen-bond donors (Lipinski definition) is 6. The Balaban J connectivity index is 1.43. The Morgan fingerprint density at radius 1 is 0.253 bits per heavy atom. The third kappa shape index (κ3) is 21.8. The van der Waals surface area contributed by atoms with E-state index in [4.69, 9.17) is 0 Å². The number of benzene rings is 7. The Kier molecular flexibility index (Phi) is 26.3. The molecule has 6 N–H and O–H groups in total. The Bertz CT molecular complexity index is 3170. The molecular weight excluding hydrogens is 1530 g/mol. The van der Waals surface area contributed by atoms with Crippen molar-refractivity contribution in [1.29, 1.82) is 0 Å². The predicted octanol–water partition coefficient (Wildman–Crippen LogP) is 14.6. The van der Waals surface area contributed by atoms with Crippen LogP contribution < -0.4 is 42.4 Å². The van der Waals surface area contributed by atoms with Gasteiger partial charge < -0.3 is 0 Å². The van der Waals surface area contributed by atoms with Crippen molar-refractivity contribution < 1.29 is 28.8 Å². The summed E-state index contributed by atoms with van der Waals surface area (Å²) in [7, 11) is 11.2. The third-order valence-electron chi connectivity index (χ3n) is 11.6. The molecule has 0 aliphatic carbocycles. The van der Waals surface area contributed by atoms with Crippen LogP contribution >= 0.6 is 53.1 Å². The zero-order valence-electron chi connectivity index (χ0n) is 48.6. The van der Waals surface area contributed by atoms with Crippen LogP contribution in [0.25, 0.3) is 0 Å². The van der Waals surface area contributed by atoms with Crippen LogP contribution in [-0.4, -0.2) is 87.7 Å². The molecule has 0 aliphatic heterocycles. The molecule has 0 aromatic heterocycles. The molecule has 21 heteroatoms. The fraction of sp³-hybridized carbons (Fsp3) is 0.0909. The summed E-state index contributed by atoms with van der Waals surface area (Å²) in [6, 6.07) is 54.9. The van der Waals surface area contributed by atoms with E-state index in [-0.39, 0.29) is 35.4 Å². The molecule has 12 nitrogen and oxygen atoms in total. The second-order valence-electron chi connectivity index (χ2n) is 19.6. The molecule has 6 amide bonds. The van der Waals surface area contributed by atoms with Crippen LogP contribution in [0.5, 0.6) is 0 Å². The summed E-state index contributed by atoms with van der Waals surface area (Å²) in [5, 5.41) is 17.7. The second-order valence-corrected chi connectivity index (χ2v) is 61.1. The summed E-state index contributed by atoms with van der Waals surface area (Å²) in [6.45, 7) is 32.9. The first-order valence-corrected chi connectivity index (χ1v) is 53.7. The Morgan fingerprint density at radius 2 is 0.379 bits per heavy atom. The molecule has 7 aromatic carbocycles. The maximum atomic E-state index is 12.7. The van der Waals surface area contributed by atoms with Gasteiger partial charge in [0.15, 0.2) is 0 Å². The van der Waals surface area contributed by atoms with Crippen LogP contribution in [0.1, 0.15) is 41.5 Å². The van der Waals surface area contributed by atoms with E-state index in [0.29, 0.717) is 67.6 Å². The Hall–Kier alpha value is -5.65. The number of nitrogens with one attached hydrogen (secondary N) is 6. The molecule has 0 heterocycles. The number of carbonyl (C=O) groups excluding carboxylic acids is 6. The molecule has 0 atom stereocenters. The zero-order valence-corrected chi connectivity index (χ0v) is 61.1. The number of anilines is 6. The van der Waals surface area contributed by atoms with E-state index < -0.39 is 52.2 Å². The first-order valence-electron chi connectivity index (χ1n) is 26.5. The Labute approximate surface area is 547 Å². The predicted molar refractivity (Wildman–Crippen MR) is 377 cm³/mol. The average molecular weight is 1590 g/mol. The van der Waals surface area contributed by atoms with E-state index in [2.05, 4.69) is 89.6 Å². The van der Waals surface area contributed by atoms with Gasteiger partial charge in [-0.25, -0.2) is 0 Å². The van der Waals surface area contributed by atoms with Crippen LogP contribution in [0.3, 0.4) is 0 Å². The van der Waals surface area contributed by atoms with Gasteiger partial charge in [-0.1, -0.05) is 0 Å². The summed E-state index contributed by atoms with van der Waals surface area (Å²) in [4.78, 5) is 82.5. The normalized spacial score (nSPS) is 10.9. The van der Waals surface area contributed by atoms with Gasteiger partial charge >= 0.3 is 554 Å². The molecular formula is C66H63N6O6S6Sb3. The molecule has 0 saturated carbocycles. The van der Waals surface area contributed by atoms with Crippen LogP contribution in [0, 0.1) is 0 Å². The number of carbonyl (C=O) groups is 6. The van der Waals surface area contributed by atoms with Crippen molar-refractivity contribution in [2.45, 2.75) is 70.9 Å². The molecule has 7 aromatic rings. The van der Waals surface area contributed by atoms with E-state index >= 15 is 0 Å². The average Bonchev–Trinajstić information content (AvgIpc) is 2.34. The Morgan fingerprint density at radius 3 is 0.494 bits per heavy atom. The van der Waals surface area contributed by atoms with Crippen molar-refractivity contribution >= 4 is 185 Å². The van der Waals surface area contributed by atoms with Crippen LogP contribution in [0.4, 0.5) is 34.1 Å². The van der Waals surface area contributed by atoms with Gasteiger partial charge in [-0.3, -0.25) is 0 Å². The minimum atomic E-state index is -2.95. The van der Waals surface area contributed by atoms with Gasteiger partial charge in [0.25, 0.3) is 0 Å². The summed E-state index contributed by atoms with van der Waals surface area (Å²) < 4.78 is 3.74. The molecule has 0 fully saturated rings. The maximum absolute atomic E-state index is 12.7. The molecule has 0 unspecified atom stereocenters. The van der Waals surface area contributed by atoms with Crippen molar-refractivity contribution in [2.75, 3.05) is 31.9 Å². The first-order chi connectivity index (χ1) is 41.4. The molecule has 444 valence electrons. The van der Waals surface area contributed by atoms with E-state index in [1.54, 1.807) is 41.5 Å². The van der Waals surface area contributed by atoms with Gasteiger partial charge in [-0.05, 0) is 0 Å². The molecule has 0 radical (unpaired) electrons. The molecule has 0 aliphatic rings. The topological polar surface area (TPSA) is 175 Å². The number of amides is 6. The van der Waals surface area contributed by atoms with Crippen LogP contribution in [0.15, 0.2) is 266 Å². The minimum absolute atomic E-state index is 0.257. The van der Waals surface area contributed by atoms with Crippen LogP contribution in [0.2, 0.25) is 0 Å². The third-order valence-corrected chi connectivity index (χ3v) is 58.2. The van der Waals surface area contributed by atoms with Crippen molar-refractivity contribution in [1.82, 2.24) is 0 Å². The molecule has 0 saturated heterocycles. The molecule has 87 heavy (non-hydrogen) atoms. The van der Waals surface area contributed by atoms with Gasteiger partial charge in [0.2, 0.25) is 0 Å². The number of hydrogen-bond acceptors (Lipinski definition) is 12. The fourth-order valence-corrected chi connectivity index (χ4v) is 56.5. The first kappa shape index (κ1) is 68.8. The van der Waals surface area contributed by atoms with E-state index in [0.717, 1.165) is 29.4 Å². The summed E-state index contributed by atoms with van der Waals surface area (Å²) in [5.74, 6) is -1.54. The van der Waals surface area contributed by atoms with Crippen molar-refractivity contribution in [3.8, 4) is 0 Å². The summed E-state index contributed by atoms with van der Waals surface area (Å²) in [6.07, 6.45) is 0. The van der Waals surface area contributed by atoms with Gasteiger partial charge in [0.05, 0.1) is 0 Å². The fourth-order valence-electron chi connectivity index (χ4n) is 6.86. The standard InChI is InChI=1S/6C10H11NOS.C6H3.3Sb/c6*1-7(2)10(12)11-8-3-5-9(13)6-4-8;1-2-4-6-5-3-1;;;/h6*3-6,13H,1H2,2H3,(H,11,12);1,4-5H;;;/q;;;;;;;3*+2/p-6. The van der Waals surface area contributed by atoms with Crippen LogP contribution in [-0.2, 0) is 28.8 Å². The number of rotatable bonds is 27. The van der Waals surface area contributed by atoms with Crippen molar-refractivity contribution in [3.63, 3.8) is 0 Å². The van der Waals surface area contributed by atoms with Gasteiger partial charge in [0.1, 0.15) is 0 Å². The van der Waals surface area contributed by atoms with Crippen molar-refractivity contribution in [3.05, 3.63) is 237 Å². The summed E-state index contributed by atoms with van der Waals surface area (Å²) >= 11 is -8.86. The van der Waals surface area contributed by atoms with E-state index in [1.807, 2.05) is 199 Å². The molecule has 0 bridgehead atoms. The monoisotopic (exact) mass is 1590 g/mol. The van der Waals surface area contributed by atoms with Gasteiger partial charge in [-0.15, -0.1) is 0 Å². The summed E-state index contributed by atoms with van der Waals surface area (Å²) in [5.41, 5.74) is 6.36. The van der Waals surface area contributed by atoms with E-state index in [1.165, 1.54) is 10.5 Å².